The molecule has 7 nitrogen and oxygen atoms in total. The van der Waals surface area contributed by atoms with Crippen molar-refractivity contribution in [1.29, 1.82) is 0 Å². The highest BCUT2D eigenvalue weighted by atomic mass is 32.2. The number of nitrogens with one attached hydrogen (secondary N) is 1. The SMILES string of the molecule is COc1cccc(C2=NS(=O)(=O)N(C)C(C(=O)NC3CCCC3)=C2)c1. The molecule has 0 radical (unpaired) electrons. The third-order valence-corrected chi connectivity index (χ3v) is 5.78. The van der Waals surface area contributed by atoms with Crippen LogP contribution in [0.4, 0.5) is 0 Å². The summed E-state index contributed by atoms with van der Waals surface area (Å²) in [5, 5.41) is 2.92. The van der Waals surface area contributed by atoms with Crippen LogP contribution in [0.2, 0.25) is 0 Å². The third-order valence-electron chi connectivity index (χ3n) is 4.46. The van der Waals surface area contributed by atoms with Crippen molar-refractivity contribution in [2.75, 3.05) is 14.2 Å². The number of allylic oxidation sites excluding steroid dienone is 1. The fraction of sp³-hybridized carbons (Fsp3) is 0.412. The minimum atomic E-state index is -3.95. The van der Waals surface area contributed by atoms with Crippen LogP contribution in [0, 0.1) is 0 Å². The number of ether oxygens (including phenoxy) is 1. The zero-order valence-corrected chi connectivity index (χ0v) is 15.0. The van der Waals surface area contributed by atoms with E-state index in [2.05, 4.69) is 9.71 Å². The van der Waals surface area contributed by atoms with Crippen molar-refractivity contribution in [1.82, 2.24) is 9.62 Å². The van der Waals surface area contributed by atoms with E-state index in [4.69, 9.17) is 4.74 Å². The second kappa shape index (κ2) is 6.87. The van der Waals surface area contributed by atoms with Crippen LogP contribution in [0.1, 0.15) is 31.2 Å². The Morgan fingerprint density at radius 2 is 2.04 bits per heavy atom. The van der Waals surface area contributed by atoms with Gasteiger partial charge in [0.05, 0.1) is 12.8 Å². The first-order valence-corrected chi connectivity index (χ1v) is 9.56. The molecular formula is C17H21N3O4S. The molecule has 1 aromatic rings. The number of likely N-dealkylation sites (N-methyl/N-ethyl adjacent to an activating group) is 1. The molecule has 0 unspecified atom stereocenters. The fourth-order valence-corrected chi connectivity index (χ4v) is 3.93. The van der Waals surface area contributed by atoms with Crippen LogP contribution < -0.4 is 10.1 Å². The lowest BCUT2D eigenvalue weighted by atomic mass is 10.1. The fourth-order valence-electron chi connectivity index (χ4n) is 3.01. The highest BCUT2D eigenvalue weighted by Crippen LogP contribution is 2.23. The van der Waals surface area contributed by atoms with Crippen molar-refractivity contribution in [3.8, 4) is 5.75 Å². The minimum absolute atomic E-state index is 0.0692. The molecule has 1 amide bonds. The van der Waals surface area contributed by atoms with Gasteiger partial charge in [0.15, 0.2) is 0 Å². The maximum atomic E-state index is 12.6. The molecule has 1 saturated carbocycles. The number of carbonyl (C=O) groups is 1. The van der Waals surface area contributed by atoms with Gasteiger partial charge in [0.1, 0.15) is 11.4 Å². The van der Waals surface area contributed by atoms with Gasteiger partial charge in [-0.25, -0.2) is 4.31 Å². The molecule has 1 aliphatic heterocycles. The van der Waals surface area contributed by atoms with E-state index in [1.807, 2.05) is 0 Å². The van der Waals surface area contributed by atoms with Gasteiger partial charge in [0.25, 0.3) is 5.91 Å². The Balaban J connectivity index is 1.94. The van der Waals surface area contributed by atoms with Gasteiger partial charge in [-0.3, -0.25) is 4.79 Å². The normalized spacial score (nSPS) is 20.0. The van der Waals surface area contributed by atoms with E-state index in [1.165, 1.54) is 20.2 Å². The largest absolute Gasteiger partial charge is 0.497 e. The summed E-state index contributed by atoms with van der Waals surface area (Å²) in [6.45, 7) is 0. The van der Waals surface area contributed by atoms with Gasteiger partial charge >= 0.3 is 10.2 Å². The molecule has 2 aliphatic rings. The maximum absolute atomic E-state index is 12.6. The molecule has 0 bridgehead atoms. The van der Waals surface area contributed by atoms with Crippen molar-refractivity contribution in [3.05, 3.63) is 41.6 Å². The molecule has 1 N–H and O–H groups in total. The quantitative estimate of drug-likeness (QED) is 0.880. The number of methoxy groups -OCH3 is 1. The number of amides is 1. The predicted molar refractivity (Wildman–Crippen MR) is 94.7 cm³/mol. The molecule has 1 aromatic carbocycles. The topological polar surface area (TPSA) is 88.1 Å². The van der Waals surface area contributed by atoms with E-state index in [1.54, 1.807) is 24.3 Å². The zero-order valence-electron chi connectivity index (χ0n) is 14.2. The Hall–Kier alpha value is -2.35. The van der Waals surface area contributed by atoms with Gasteiger partial charge in [0.2, 0.25) is 0 Å². The third kappa shape index (κ3) is 3.68. The van der Waals surface area contributed by atoms with Crippen LogP contribution >= 0.6 is 0 Å². The van der Waals surface area contributed by atoms with Gasteiger partial charge in [-0.05, 0) is 31.1 Å². The summed E-state index contributed by atoms with van der Waals surface area (Å²) < 4.78 is 34.6. The first-order chi connectivity index (χ1) is 11.9. The van der Waals surface area contributed by atoms with Gasteiger partial charge in [-0.2, -0.15) is 8.42 Å². The highest BCUT2D eigenvalue weighted by Gasteiger charge is 2.31. The molecule has 0 atom stereocenters. The van der Waals surface area contributed by atoms with Crippen molar-refractivity contribution in [2.45, 2.75) is 31.7 Å². The lowest BCUT2D eigenvalue weighted by Crippen LogP contribution is -2.41. The number of hydrogen-bond acceptors (Lipinski definition) is 4. The number of hydrogen-bond donors (Lipinski definition) is 1. The van der Waals surface area contributed by atoms with Crippen molar-refractivity contribution in [3.63, 3.8) is 0 Å². The van der Waals surface area contributed by atoms with Gasteiger partial charge in [0, 0.05) is 18.7 Å². The molecule has 0 saturated heterocycles. The smallest absolute Gasteiger partial charge is 0.345 e. The van der Waals surface area contributed by atoms with Crippen LogP contribution in [0.25, 0.3) is 0 Å². The summed E-state index contributed by atoms with van der Waals surface area (Å²) in [5.74, 6) is 0.190. The summed E-state index contributed by atoms with van der Waals surface area (Å²) in [6.07, 6.45) is 5.50. The van der Waals surface area contributed by atoms with Crippen LogP contribution in [0.15, 0.2) is 40.4 Å². The van der Waals surface area contributed by atoms with Gasteiger partial charge < -0.3 is 10.1 Å². The Labute approximate surface area is 147 Å². The number of carbonyl (C=O) groups excluding carboxylic acids is 1. The van der Waals surface area contributed by atoms with Crippen molar-refractivity contribution in [2.24, 2.45) is 4.40 Å². The van der Waals surface area contributed by atoms with Crippen LogP contribution in [0.3, 0.4) is 0 Å². The predicted octanol–water partition coefficient (Wildman–Crippen LogP) is 1.62. The van der Waals surface area contributed by atoms with Crippen molar-refractivity contribution < 1.29 is 17.9 Å². The first-order valence-electron chi connectivity index (χ1n) is 8.16. The summed E-state index contributed by atoms with van der Waals surface area (Å²) in [7, 11) is -1.09. The monoisotopic (exact) mass is 363 g/mol. The van der Waals surface area contributed by atoms with E-state index in [0.717, 1.165) is 30.0 Å². The number of rotatable bonds is 4. The van der Waals surface area contributed by atoms with E-state index >= 15 is 0 Å². The summed E-state index contributed by atoms with van der Waals surface area (Å²) in [4.78, 5) is 12.6. The minimum Gasteiger partial charge on any atom is -0.497 e. The molecule has 0 spiro atoms. The Morgan fingerprint density at radius 1 is 1.32 bits per heavy atom. The second-order valence-corrected chi connectivity index (χ2v) is 7.76. The molecule has 134 valence electrons. The Morgan fingerprint density at radius 3 is 2.72 bits per heavy atom. The highest BCUT2D eigenvalue weighted by molar-refractivity contribution is 7.88. The zero-order chi connectivity index (χ0) is 18.0. The Bertz CT molecular complexity index is 839. The molecule has 1 fully saturated rings. The summed E-state index contributed by atoms with van der Waals surface area (Å²) >= 11 is 0. The van der Waals surface area contributed by atoms with E-state index in [-0.39, 0.29) is 17.5 Å². The van der Waals surface area contributed by atoms with Gasteiger partial charge in [-0.15, -0.1) is 4.40 Å². The van der Waals surface area contributed by atoms with Crippen LogP contribution in [-0.4, -0.2) is 44.5 Å². The molecule has 1 aliphatic carbocycles. The Kier molecular flexibility index (Phi) is 4.80. The van der Waals surface area contributed by atoms with Gasteiger partial charge in [-0.1, -0.05) is 25.0 Å². The van der Waals surface area contributed by atoms with Crippen molar-refractivity contribution >= 4 is 21.8 Å². The molecule has 1 heterocycles. The molecule has 8 heteroatoms. The number of nitrogens with zero attached hydrogens (tertiary/aromatic N) is 2. The van der Waals surface area contributed by atoms with E-state index < -0.39 is 16.1 Å². The molecule has 3 rings (SSSR count). The average Bonchev–Trinajstić information content (AvgIpc) is 3.10. The lowest BCUT2D eigenvalue weighted by molar-refractivity contribution is -0.119. The maximum Gasteiger partial charge on any atom is 0.345 e. The van der Waals surface area contributed by atoms with E-state index in [0.29, 0.717) is 11.3 Å². The molecular weight excluding hydrogens is 342 g/mol. The second-order valence-electron chi connectivity index (χ2n) is 6.14. The lowest BCUT2D eigenvalue weighted by Gasteiger charge is -2.24. The summed E-state index contributed by atoms with van der Waals surface area (Å²) in [5.41, 5.74) is 0.857. The van der Waals surface area contributed by atoms with Crippen LogP contribution in [-0.2, 0) is 15.0 Å². The van der Waals surface area contributed by atoms with Crippen LogP contribution in [0.5, 0.6) is 5.75 Å². The average molecular weight is 363 g/mol. The summed E-state index contributed by atoms with van der Waals surface area (Å²) in [6, 6.07) is 7.01. The van der Waals surface area contributed by atoms with E-state index in [9.17, 15) is 13.2 Å². The first kappa shape index (κ1) is 17.5. The standard InChI is InChI=1S/C17H21N3O4S/c1-20-16(17(21)18-13-7-3-4-8-13)11-15(19-25(20,22)23)12-6-5-9-14(10-12)24-2/h5-6,9-11,13H,3-4,7-8H2,1-2H3,(H,18,21). The molecule has 25 heavy (non-hydrogen) atoms. The number of benzene rings is 1. The molecule has 0 aromatic heterocycles.